The third-order valence-electron chi connectivity index (χ3n) is 3.73. The average molecular weight is 351 g/mol. The van der Waals surface area contributed by atoms with Gasteiger partial charge in [0.1, 0.15) is 0 Å². The lowest BCUT2D eigenvalue weighted by Crippen LogP contribution is -2.23. The summed E-state index contributed by atoms with van der Waals surface area (Å²) < 4.78 is 19.3. The highest BCUT2D eigenvalue weighted by Crippen LogP contribution is 2.25. The summed E-state index contributed by atoms with van der Waals surface area (Å²) in [5.74, 6) is -0.195. The Balaban J connectivity index is 1.58. The van der Waals surface area contributed by atoms with Crippen molar-refractivity contribution in [2.45, 2.75) is 19.4 Å². The number of aromatic nitrogens is 2. The van der Waals surface area contributed by atoms with Crippen LogP contribution in [0.1, 0.15) is 17.5 Å². The topological polar surface area (TPSA) is 64.1 Å². The predicted molar refractivity (Wildman–Crippen MR) is 95.1 cm³/mol. The Morgan fingerprint density at radius 1 is 1.08 bits per heavy atom. The minimum Gasteiger partial charge on any atom is -0.436 e. The summed E-state index contributed by atoms with van der Waals surface area (Å²) in [5, 5.41) is 2.84. The number of ether oxygens (including phenoxy) is 1. The third-order valence-corrected chi connectivity index (χ3v) is 3.73. The molecule has 2 aromatic heterocycles. The van der Waals surface area contributed by atoms with Gasteiger partial charge in [-0.25, -0.2) is 9.37 Å². The first-order valence-electron chi connectivity index (χ1n) is 8.24. The van der Waals surface area contributed by atoms with Crippen LogP contribution < -0.4 is 10.1 Å². The number of carbonyl (C=O) groups excluding carboxylic acids is 1. The van der Waals surface area contributed by atoms with Gasteiger partial charge in [0.25, 0.3) is 0 Å². The fourth-order valence-electron chi connectivity index (χ4n) is 2.37. The highest BCUT2D eigenvalue weighted by molar-refractivity contribution is 5.76. The first-order chi connectivity index (χ1) is 12.7. The number of nitrogens with zero attached hydrogens (tertiary/aromatic N) is 2. The van der Waals surface area contributed by atoms with Crippen LogP contribution in [0.25, 0.3) is 0 Å². The van der Waals surface area contributed by atoms with Crippen LogP contribution >= 0.6 is 0 Å². The van der Waals surface area contributed by atoms with Crippen molar-refractivity contribution in [2.75, 3.05) is 0 Å². The molecule has 0 bridgehead atoms. The molecule has 0 saturated heterocycles. The Morgan fingerprint density at radius 3 is 2.73 bits per heavy atom. The van der Waals surface area contributed by atoms with Crippen molar-refractivity contribution in [1.29, 1.82) is 0 Å². The molecule has 3 aromatic rings. The molecule has 6 heteroatoms. The zero-order valence-electron chi connectivity index (χ0n) is 14.1. The Labute approximate surface area is 150 Å². The van der Waals surface area contributed by atoms with Gasteiger partial charge in [0.15, 0.2) is 11.6 Å². The summed E-state index contributed by atoms with van der Waals surface area (Å²) in [4.78, 5) is 20.2. The van der Waals surface area contributed by atoms with Crippen molar-refractivity contribution in [3.63, 3.8) is 0 Å². The Morgan fingerprint density at radius 2 is 1.92 bits per heavy atom. The molecule has 0 aliphatic carbocycles. The number of rotatable bonds is 7. The quantitative estimate of drug-likeness (QED) is 0.706. The molecule has 0 unspecified atom stereocenters. The summed E-state index contributed by atoms with van der Waals surface area (Å²) in [6.45, 7) is 0.253. The van der Waals surface area contributed by atoms with Crippen molar-refractivity contribution >= 4 is 5.91 Å². The fourth-order valence-corrected chi connectivity index (χ4v) is 2.37. The van der Waals surface area contributed by atoms with Crippen LogP contribution in [0.5, 0.6) is 11.6 Å². The second-order valence-corrected chi connectivity index (χ2v) is 5.64. The number of benzene rings is 1. The van der Waals surface area contributed by atoms with E-state index in [4.69, 9.17) is 4.74 Å². The minimum atomic E-state index is -0.468. The molecule has 1 aromatic carbocycles. The number of pyridine rings is 2. The summed E-state index contributed by atoms with van der Waals surface area (Å²) in [5.41, 5.74) is 1.68. The van der Waals surface area contributed by atoms with Gasteiger partial charge >= 0.3 is 0 Å². The summed E-state index contributed by atoms with van der Waals surface area (Å²) in [6, 6.07) is 13.4. The number of hydrogen-bond donors (Lipinski definition) is 1. The van der Waals surface area contributed by atoms with E-state index < -0.39 is 5.82 Å². The zero-order chi connectivity index (χ0) is 18.2. The second-order valence-electron chi connectivity index (χ2n) is 5.64. The smallest absolute Gasteiger partial charge is 0.224 e. The number of aryl methyl sites for hydroxylation is 1. The van der Waals surface area contributed by atoms with Crippen molar-refractivity contribution < 1.29 is 13.9 Å². The van der Waals surface area contributed by atoms with Gasteiger partial charge in [-0.05, 0) is 36.2 Å². The van der Waals surface area contributed by atoms with Crippen molar-refractivity contribution in [1.82, 2.24) is 15.3 Å². The molecule has 0 saturated carbocycles. The monoisotopic (exact) mass is 351 g/mol. The molecule has 26 heavy (non-hydrogen) atoms. The van der Waals surface area contributed by atoms with E-state index in [1.165, 1.54) is 12.1 Å². The molecule has 2 heterocycles. The van der Waals surface area contributed by atoms with Crippen LogP contribution in [-0.2, 0) is 17.8 Å². The van der Waals surface area contributed by atoms with Crippen LogP contribution in [0.3, 0.4) is 0 Å². The molecule has 0 atom stereocenters. The first kappa shape index (κ1) is 17.5. The maximum atomic E-state index is 13.8. The molecule has 3 rings (SSSR count). The Hall–Kier alpha value is -3.28. The first-order valence-corrected chi connectivity index (χ1v) is 8.24. The fraction of sp³-hybridized carbons (Fsp3) is 0.150. The van der Waals surface area contributed by atoms with E-state index in [2.05, 4.69) is 15.3 Å². The molecule has 0 radical (unpaired) electrons. The Kier molecular flexibility index (Phi) is 5.88. The zero-order valence-corrected chi connectivity index (χ0v) is 14.1. The SMILES string of the molecule is O=C(CCc1cccnc1)NCc1cccnc1Oc1ccccc1F. The third kappa shape index (κ3) is 4.86. The lowest BCUT2D eigenvalue weighted by Gasteiger charge is -2.11. The number of carbonyl (C=O) groups is 1. The molecule has 5 nitrogen and oxygen atoms in total. The van der Waals surface area contributed by atoms with Gasteiger partial charge in [-0.3, -0.25) is 9.78 Å². The van der Waals surface area contributed by atoms with E-state index in [-0.39, 0.29) is 24.1 Å². The lowest BCUT2D eigenvalue weighted by atomic mass is 10.1. The highest BCUT2D eigenvalue weighted by Gasteiger charge is 2.10. The molecule has 1 N–H and O–H groups in total. The van der Waals surface area contributed by atoms with E-state index >= 15 is 0 Å². The Bertz CT molecular complexity index is 872. The highest BCUT2D eigenvalue weighted by atomic mass is 19.1. The number of para-hydroxylation sites is 1. The van der Waals surface area contributed by atoms with Crippen LogP contribution in [0.2, 0.25) is 0 Å². The van der Waals surface area contributed by atoms with Crippen LogP contribution in [0, 0.1) is 5.82 Å². The van der Waals surface area contributed by atoms with Gasteiger partial charge < -0.3 is 10.1 Å². The van der Waals surface area contributed by atoms with E-state index in [0.717, 1.165) is 5.56 Å². The maximum absolute atomic E-state index is 13.8. The molecule has 0 spiro atoms. The van der Waals surface area contributed by atoms with Crippen LogP contribution in [-0.4, -0.2) is 15.9 Å². The molecular formula is C20H18FN3O2. The maximum Gasteiger partial charge on any atom is 0.224 e. The van der Waals surface area contributed by atoms with E-state index in [1.807, 2.05) is 12.1 Å². The second kappa shape index (κ2) is 8.71. The number of hydrogen-bond acceptors (Lipinski definition) is 4. The standard InChI is InChI=1S/C20H18FN3O2/c21-17-7-1-2-8-18(17)26-20-16(6-4-12-23-20)14-24-19(25)10-9-15-5-3-11-22-13-15/h1-8,11-13H,9-10,14H2,(H,24,25). The summed E-state index contributed by atoms with van der Waals surface area (Å²) in [6.07, 6.45) is 5.97. The van der Waals surface area contributed by atoms with Gasteiger partial charge in [-0.2, -0.15) is 0 Å². The van der Waals surface area contributed by atoms with Crippen LogP contribution in [0.4, 0.5) is 4.39 Å². The van der Waals surface area contributed by atoms with Crippen molar-refractivity contribution in [2.24, 2.45) is 0 Å². The normalized spacial score (nSPS) is 10.3. The van der Waals surface area contributed by atoms with Gasteiger partial charge in [0.05, 0.1) is 0 Å². The van der Waals surface area contributed by atoms with Crippen LogP contribution in [0.15, 0.2) is 67.1 Å². The molecule has 1 amide bonds. The predicted octanol–water partition coefficient (Wildman–Crippen LogP) is 3.66. The van der Waals surface area contributed by atoms with Gasteiger partial charge in [-0.1, -0.05) is 24.3 Å². The lowest BCUT2D eigenvalue weighted by molar-refractivity contribution is -0.121. The number of nitrogens with one attached hydrogen (secondary N) is 1. The molecule has 132 valence electrons. The van der Waals surface area contributed by atoms with Gasteiger partial charge in [-0.15, -0.1) is 0 Å². The number of halogens is 1. The average Bonchev–Trinajstić information content (AvgIpc) is 2.68. The minimum absolute atomic E-state index is 0.0884. The van der Waals surface area contributed by atoms with Crippen molar-refractivity contribution in [3.8, 4) is 11.6 Å². The van der Waals surface area contributed by atoms with E-state index in [9.17, 15) is 9.18 Å². The largest absolute Gasteiger partial charge is 0.436 e. The van der Waals surface area contributed by atoms with Crippen molar-refractivity contribution in [3.05, 3.63) is 84.1 Å². The van der Waals surface area contributed by atoms with Gasteiger partial charge in [0.2, 0.25) is 11.8 Å². The number of amides is 1. The summed E-state index contributed by atoms with van der Waals surface area (Å²) >= 11 is 0. The van der Waals surface area contributed by atoms with Gasteiger partial charge in [0, 0.05) is 37.1 Å². The molecule has 0 aliphatic rings. The molecule has 0 fully saturated rings. The summed E-state index contributed by atoms with van der Waals surface area (Å²) in [7, 11) is 0. The molecular weight excluding hydrogens is 333 g/mol. The molecule has 0 aliphatic heterocycles. The van der Waals surface area contributed by atoms with E-state index in [1.54, 1.807) is 42.9 Å². The van der Waals surface area contributed by atoms with E-state index in [0.29, 0.717) is 18.4 Å².